The van der Waals surface area contributed by atoms with Crippen LogP contribution in [0.15, 0.2) is 60.7 Å². The van der Waals surface area contributed by atoms with Crippen LogP contribution in [-0.2, 0) is 38.1 Å². The predicted molar refractivity (Wildman–Crippen MR) is 238 cm³/mol. The van der Waals surface area contributed by atoms with E-state index in [1.807, 2.05) is 0 Å². The van der Waals surface area contributed by atoms with E-state index < -0.39 is 47.2 Å². The number of nitrogens with one attached hydrogen (secondary N) is 2. The maximum absolute atomic E-state index is 14.1. The summed E-state index contributed by atoms with van der Waals surface area (Å²) >= 11 is 0. The summed E-state index contributed by atoms with van der Waals surface area (Å²) in [6, 6.07) is 12.8. The Kier molecular flexibility index (Phi) is 16.8. The van der Waals surface area contributed by atoms with Crippen LogP contribution in [0.5, 0.6) is 11.5 Å². The van der Waals surface area contributed by atoms with Crippen molar-refractivity contribution in [1.29, 1.82) is 0 Å². The first-order chi connectivity index (χ1) is 32.9. The second-order valence-corrected chi connectivity index (χ2v) is 15.9. The number of halogens is 2. The highest BCUT2D eigenvalue weighted by atomic mass is 19.1. The number of aromatic nitrogens is 2. The van der Waals surface area contributed by atoms with E-state index in [1.54, 1.807) is 41.3 Å². The number of imide groups is 2. The number of amides is 6. The summed E-state index contributed by atoms with van der Waals surface area (Å²) in [5.74, 6) is -4.68. The molecule has 20 nitrogen and oxygen atoms in total. The Hall–Kier alpha value is -6.85. The van der Waals surface area contributed by atoms with Gasteiger partial charge < -0.3 is 50.1 Å². The number of ether oxygens (including phenoxy) is 6. The zero-order valence-electron chi connectivity index (χ0n) is 37.0. The van der Waals surface area contributed by atoms with Crippen LogP contribution < -0.4 is 26.8 Å². The largest absolute Gasteiger partial charge is 0.454 e. The highest BCUT2D eigenvalue weighted by Crippen LogP contribution is 2.35. The van der Waals surface area contributed by atoms with Crippen molar-refractivity contribution in [3.63, 3.8) is 0 Å². The van der Waals surface area contributed by atoms with E-state index in [4.69, 9.17) is 39.9 Å². The van der Waals surface area contributed by atoms with Crippen LogP contribution in [-0.4, -0.2) is 147 Å². The number of anilines is 2. The number of hydrogen-bond acceptors (Lipinski definition) is 15. The fraction of sp³-hybridized carbons (Fsp3) is 0.413. The van der Waals surface area contributed by atoms with Crippen LogP contribution in [0, 0.1) is 11.6 Å². The molecule has 0 aliphatic carbocycles. The van der Waals surface area contributed by atoms with Gasteiger partial charge in [0.25, 0.3) is 17.7 Å². The Bertz CT molecular complexity index is 2490. The molecule has 7 rings (SSSR count). The number of piperidine rings is 2. The van der Waals surface area contributed by atoms with Crippen molar-refractivity contribution in [2.45, 2.75) is 37.8 Å². The Morgan fingerprint density at radius 2 is 1.50 bits per heavy atom. The standard InChI is InChI=1S/C46H52F2N8O12/c47-29-8-12-36(33(48)25-29)68-31-9-6-28(7-10-31)41-40(43(50)59)42(49)56(53-41)30-3-2-15-54(26-30)38(58)27-67-24-23-66-22-21-65-20-19-64-18-17-63-16-14-51-34-5-1-4-32-39(34)46(62)55(45(32)61)35-11-13-37(57)52-44(35)60/h1,4-10,12,25,30,35,51H,2-3,11,13-24,26-27,49H2,(H2,50,59)(H,52,57,60)/t30-,35?/m1/s1. The summed E-state index contributed by atoms with van der Waals surface area (Å²) in [6.07, 6.45) is 1.43. The van der Waals surface area contributed by atoms with Crippen LogP contribution in [0.1, 0.15) is 62.8 Å². The molecule has 22 heteroatoms. The number of hydrogen-bond donors (Lipinski definition) is 4. The Morgan fingerprint density at radius 1 is 0.824 bits per heavy atom. The van der Waals surface area contributed by atoms with E-state index in [-0.39, 0.29) is 90.9 Å². The molecule has 0 radical (unpaired) electrons. The van der Waals surface area contributed by atoms with Gasteiger partial charge in [-0.3, -0.25) is 39.0 Å². The minimum Gasteiger partial charge on any atom is -0.454 e. The van der Waals surface area contributed by atoms with Crippen molar-refractivity contribution in [3.05, 3.63) is 89.0 Å². The van der Waals surface area contributed by atoms with Gasteiger partial charge in [-0.05, 0) is 67.8 Å². The van der Waals surface area contributed by atoms with Gasteiger partial charge in [-0.25, -0.2) is 13.5 Å². The number of fused-ring (bicyclic) bond motifs is 1. The van der Waals surface area contributed by atoms with Gasteiger partial charge in [0.1, 0.15) is 41.3 Å². The van der Waals surface area contributed by atoms with Crippen molar-refractivity contribution in [3.8, 4) is 22.8 Å². The molecular weight excluding hydrogens is 895 g/mol. The number of rotatable bonds is 24. The maximum Gasteiger partial charge on any atom is 0.264 e. The van der Waals surface area contributed by atoms with Crippen LogP contribution in [0.3, 0.4) is 0 Å². The highest BCUT2D eigenvalue weighted by Gasteiger charge is 2.45. The lowest BCUT2D eigenvalue weighted by atomic mass is 10.0. The number of primary amides is 1. The van der Waals surface area contributed by atoms with E-state index in [1.165, 1.54) is 16.8 Å². The molecule has 6 amide bonds. The van der Waals surface area contributed by atoms with Crippen molar-refractivity contribution in [2.24, 2.45) is 5.73 Å². The Labute approximate surface area is 389 Å². The number of carbonyl (C=O) groups excluding carboxylic acids is 6. The quantitative estimate of drug-likeness (QED) is 0.0582. The van der Waals surface area contributed by atoms with Crippen LogP contribution in [0.2, 0.25) is 0 Å². The molecule has 4 aromatic rings. The number of nitrogen functional groups attached to an aromatic ring is 1. The first kappa shape index (κ1) is 49.1. The van der Waals surface area contributed by atoms with Gasteiger partial charge in [-0.2, -0.15) is 5.10 Å². The molecule has 1 unspecified atom stereocenters. The van der Waals surface area contributed by atoms with Crippen LogP contribution >= 0.6 is 0 Å². The molecule has 3 aliphatic heterocycles. The normalized spacial score (nSPS) is 17.1. The van der Waals surface area contributed by atoms with E-state index in [0.717, 1.165) is 11.0 Å². The molecule has 2 saturated heterocycles. The van der Waals surface area contributed by atoms with E-state index in [2.05, 4.69) is 15.7 Å². The molecule has 6 N–H and O–H groups in total. The third-order valence-electron chi connectivity index (χ3n) is 11.3. The average Bonchev–Trinajstić information content (AvgIpc) is 3.81. The van der Waals surface area contributed by atoms with Crippen LogP contribution in [0.25, 0.3) is 11.3 Å². The Morgan fingerprint density at radius 3 is 2.16 bits per heavy atom. The smallest absolute Gasteiger partial charge is 0.264 e. The number of benzene rings is 3. The summed E-state index contributed by atoms with van der Waals surface area (Å²) in [4.78, 5) is 78.3. The van der Waals surface area contributed by atoms with Crippen molar-refractivity contribution >= 4 is 46.9 Å². The molecule has 0 spiro atoms. The minimum atomic E-state index is -1.04. The molecule has 0 bridgehead atoms. The van der Waals surface area contributed by atoms with Gasteiger partial charge in [0.05, 0.1) is 76.6 Å². The fourth-order valence-corrected chi connectivity index (χ4v) is 7.97. The third-order valence-corrected chi connectivity index (χ3v) is 11.3. The third kappa shape index (κ3) is 12.0. The molecule has 4 heterocycles. The molecule has 2 fully saturated rings. The van der Waals surface area contributed by atoms with Crippen molar-refractivity contribution < 1.29 is 66.0 Å². The van der Waals surface area contributed by atoms with Gasteiger partial charge in [0.15, 0.2) is 11.6 Å². The number of likely N-dealkylation sites (tertiary alicyclic amines) is 1. The van der Waals surface area contributed by atoms with Gasteiger partial charge in [0.2, 0.25) is 17.7 Å². The molecular formula is C46H52F2N8O12. The number of nitrogens with zero attached hydrogens (tertiary/aromatic N) is 4. The lowest BCUT2D eigenvalue weighted by molar-refractivity contribution is -0.138. The summed E-state index contributed by atoms with van der Waals surface area (Å²) in [5, 5.41) is 9.95. The summed E-state index contributed by atoms with van der Waals surface area (Å²) in [6.45, 7) is 3.70. The van der Waals surface area contributed by atoms with Gasteiger partial charge in [-0.1, -0.05) is 6.07 Å². The summed E-state index contributed by atoms with van der Waals surface area (Å²) < 4.78 is 62.3. The van der Waals surface area contributed by atoms with E-state index in [0.29, 0.717) is 89.5 Å². The molecule has 2 atom stereocenters. The molecule has 68 heavy (non-hydrogen) atoms. The lowest BCUT2D eigenvalue weighted by Crippen LogP contribution is -2.54. The zero-order valence-corrected chi connectivity index (χ0v) is 37.0. The molecule has 362 valence electrons. The van der Waals surface area contributed by atoms with E-state index >= 15 is 0 Å². The molecule has 0 saturated carbocycles. The fourth-order valence-electron chi connectivity index (χ4n) is 7.97. The average molecular weight is 947 g/mol. The summed E-state index contributed by atoms with van der Waals surface area (Å²) in [7, 11) is 0. The number of nitrogens with two attached hydrogens (primary N) is 2. The van der Waals surface area contributed by atoms with E-state index in [9.17, 15) is 37.5 Å². The maximum atomic E-state index is 14.1. The second kappa shape index (κ2) is 23.2. The first-order valence-electron chi connectivity index (χ1n) is 22.1. The van der Waals surface area contributed by atoms with Crippen molar-refractivity contribution in [1.82, 2.24) is 24.9 Å². The van der Waals surface area contributed by atoms with Gasteiger partial charge in [0, 0.05) is 43.4 Å². The van der Waals surface area contributed by atoms with Gasteiger partial charge in [-0.15, -0.1) is 0 Å². The van der Waals surface area contributed by atoms with Crippen LogP contribution in [0.4, 0.5) is 20.3 Å². The first-order valence-corrected chi connectivity index (χ1v) is 22.1. The highest BCUT2D eigenvalue weighted by molar-refractivity contribution is 6.25. The zero-order chi connectivity index (χ0) is 48.2. The summed E-state index contributed by atoms with van der Waals surface area (Å²) in [5.41, 5.74) is 13.7. The van der Waals surface area contributed by atoms with Gasteiger partial charge >= 0.3 is 0 Å². The molecule has 1 aromatic heterocycles. The molecule has 3 aromatic carbocycles. The second-order valence-electron chi connectivity index (χ2n) is 15.9. The SMILES string of the molecule is NC(=O)c1c(-c2ccc(Oc3ccc(F)cc3F)cc2)nn([C@@H]2CCCN(C(=O)COCCOCCOCCOCCOCCNc3cccc4c3C(=O)N(C3CCC(=O)NC3=O)C4=O)C2)c1N. The van der Waals surface area contributed by atoms with Crippen molar-refractivity contribution in [2.75, 3.05) is 96.8 Å². The predicted octanol–water partition coefficient (Wildman–Crippen LogP) is 3.06. The molecule has 3 aliphatic rings. The lowest BCUT2D eigenvalue weighted by Gasteiger charge is -2.33. The Balaban J connectivity index is 0.720. The minimum absolute atomic E-state index is 0.0261. The topological polar surface area (TPSA) is 258 Å². The monoisotopic (exact) mass is 946 g/mol. The number of carbonyl (C=O) groups is 6.